The Kier molecular flexibility index (Phi) is 3.39. The predicted octanol–water partition coefficient (Wildman–Crippen LogP) is 2.11. The third-order valence-electron chi connectivity index (χ3n) is 3.01. The molecule has 5 nitrogen and oxygen atoms in total. The molecule has 1 aromatic heterocycles. The molecule has 0 saturated heterocycles. The van der Waals surface area contributed by atoms with E-state index < -0.39 is 0 Å². The average Bonchev–Trinajstić information content (AvgIpc) is 2.97. The van der Waals surface area contributed by atoms with E-state index >= 15 is 0 Å². The van der Waals surface area contributed by atoms with E-state index in [0.717, 1.165) is 17.1 Å². The second-order valence-electron chi connectivity index (χ2n) is 4.39. The maximum absolute atomic E-state index is 11.7. The van der Waals surface area contributed by atoms with Gasteiger partial charge in [-0.3, -0.25) is 4.79 Å². The van der Waals surface area contributed by atoms with Crippen LogP contribution in [0.3, 0.4) is 0 Å². The Labute approximate surface area is 121 Å². The van der Waals surface area contributed by atoms with Crippen molar-refractivity contribution in [3.63, 3.8) is 0 Å². The van der Waals surface area contributed by atoms with Crippen molar-refractivity contribution in [2.24, 2.45) is 0 Å². The van der Waals surface area contributed by atoms with Crippen LogP contribution in [0.25, 0.3) is 0 Å². The van der Waals surface area contributed by atoms with Crippen LogP contribution in [-0.2, 0) is 11.3 Å². The lowest BCUT2D eigenvalue weighted by molar-refractivity contribution is -0.115. The zero-order valence-corrected chi connectivity index (χ0v) is 11.4. The van der Waals surface area contributed by atoms with Crippen molar-refractivity contribution in [2.75, 3.05) is 16.8 Å². The molecular formula is C14H13N3O2S. The molecule has 0 bridgehead atoms. The quantitative estimate of drug-likeness (QED) is 0.829. The minimum Gasteiger partial charge on any atom is -0.467 e. The number of thiocarbonyl (C=S) groups is 1. The summed E-state index contributed by atoms with van der Waals surface area (Å²) in [5, 5.41) is 6.43. The summed E-state index contributed by atoms with van der Waals surface area (Å²) in [5.74, 6) is 0.716. The summed E-state index contributed by atoms with van der Waals surface area (Å²) in [6, 6.07) is 11.3. The van der Waals surface area contributed by atoms with Gasteiger partial charge in [0, 0.05) is 0 Å². The van der Waals surface area contributed by atoms with E-state index in [1.807, 2.05) is 36.4 Å². The van der Waals surface area contributed by atoms with Crippen LogP contribution in [0.2, 0.25) is 0 Å². The SMILES string of the molecule is O=C1CN(C(=S)NCc2ccco2)c2ccccc2N1. The lowest BCUT2D eigenvalue weighted by Gasteiger charge is -2.31. The van der Waals surface area contributed by atoms with E-state index in [2.05, 4.69) is 10.6 Å². The molecule has 0 radical (unpaired) electrons. The Morgan fingerprint density at radius 1 is 1.35 bits per heavy atom. The minimum atomic E-state index is -0.0779. The Bertz CT molecular complexity index is 640. The molecular weight excluding hydrogens is 274 g/mol. The highest BCUT2D eigenvalue weighted by Gasteiger charge is 2.24. The van der Waals surface area contributed by atoms with Gasteiger partial charge in [0.15, 0.2) is 5.11 Å². The smallest absolute Gasteiger partial charge is 0.244 e. The van der Waals surface area contributed by atoms with Gasteiger partial charge in [-0.05, 0) is 36.5 Å². The molecule has 1 aliphatic heterocycles. The lowest BCUT2D eigenvalue weighted by Crippen LogP contribution is -2.46. The van der Waals surface area contributed by atoms with Gasteiger partial charge in [0.2, 0.25) is 5.91 Å². The molecule has 6 heteroatoms. The number of para-hydroxylation sites is 2. The van der Waals surface area contributed by atoms with Crippen LogP contribution in [0.4, 0.5) is 11.4 Å². The first-order valence-electron chi connectivity index (χ1n) is 6.20. The first kappa shape index (κ1) is 12.7. The molecule has 20 heavy (non-hydrogen) atoms. The number of hydrogen-bond donors (Lipinski definition) is 2. The summed E-state index contributed by atoms with van der Waals surface area (Å²) in [5.41, 5.74) is 1.66. The monoisotopic (exact) mass is 287 g/mol. The summed E-state index contributed by atoms with van der Waals surface area (Å²) in [4.78, 5) is 13.5. The highest BCUT2D eigenvalue weighted by molar-refractivity contribution is 7.80. The maximum Gasteiger partial charge on any atom is 0.244 e. The Morgan fingerprint density at radius 3 is 3.00 bits per heavy atom. The number of hydrogen-bond acceptors (Lipinski definition) is 3. The summed E-state index contributed by atoms with van der Waals surface area (Å²) in [6.45, 7) is 0.702. The highest BCUT2D eigenvalue weighted by atomic mass is 32.1. The van der Waals surface area contributed by atoms with Gasteiger partial charge in [-0.2, -0.15) is 0 Å². The number of nitrogens with one attached hydrogen (secondary N) is 2. The van der Waals surface area contributed by atoms with Crippen molar-refractivity contribution in [3.8, 4) is 0 Å². The molecule has 1 aliphatic rings. The molecule has 0 aliphatic carbocycles. The van der Waals surface area contributed by atoms with Crippen LogP contribution >= 0.6 is 12.2 Å². The molecule has 3 rings (SSSR count). The van der Waals surface area contributed by atoms with E-state index in [0.29, 0.717) is 11.7 Å². The Morgan fingerprint density at radius 2 is 2.20 bits per heavy atom. The molecule has 0 spiro atoms. The van der Waals surface area contributed by atoms with Gasteiger partial charge >= 0.3 is 0 Å². The topological polar surface area (TPSA) is 57.5 Å². The summed E-state index contributed by atoms with van der Waals surface area (Å²) < 4.78 is 5.24. The van der Waals surface area contributed by atoms with E-state index in [-0.39, 0.29) is 12.5 Å². The molecule has 0 saturated carbocycles. The molecule has 0 unspecified atom stereocenters. The van der Waals surface area contributed by atoms with Crippen molar-refractivity contribution >= 4 is 34.6 Å². The lowest BCUT2D eigenvalue weighted by atomic mass is 10.2. The summed E-state index contributed by atoms with van der Waals surface area (Å²) in [6.07, 6.45) is 1.61. The van der Waals surface area contributed by atoms with Crippen LogP contribution < -0.4 is 15.5 Å². The Hall–Kier alpha value is -2.34. The number of nitrogens with zero attached hydrogens (tertiary/aromatic N) is 1. The molecule has 0 atom stereocenters. The standard InChI is InChI=1S/C14H13N3O2S/c18-13-9-17(12-6-2-1-5-11(12)16-13)14(20)15-8-10-4-3-7-19-10/h1-7H,8-9H2,(H,15,20)(H,16,18). The van der Waals surface area contributed by atoms with E-state index in [1.54, 1.807) is 11.2 Å². The third kappa shape index (κ3) is 2.50. The number of rotatable bonds is 2. The first-order valence-corrected chi connectivity index (χ1v) is 6.61. The van der Waals surface area contributed by atoms with Crippen molar-refractivity contribution in [1.29, 1.82) is 0 Å². The van der Waals surface area contributed by atoms with Crippen molar-refractivity contribution in [3.05, 3.63) is 48.4 Å². The maximum atomic E-state index is 11.7. The number of amides is 1. The fourth-order valence-electron chi connectivity index (χ4n) is 2.09. The number of carbonyl (C=O) groups is 1. The normalized spacial score (nSPS) is 13.6. The van der Waals surface area contributed by atoms with Gasteiger partial charge in [0.25, 0.3) is 0 Å². The van der Waals surface area contributed by atoms with Crippen LogP contribution in [0.15, 0.2) is 47.1 Å². The van der Waals surface area contributed by atoms with E-state index in [9.17, 15) is 4.79 Å². The highest BCUT2D eigenvalue weighted by Crippen LogP contribution is 2.28. The first-order chi connectivity index (χ1) is 9.74. The van der Waals surface area contributed by atoms with Crippen LogP contribution in [0.1, 0.15) is 5.76 Å². The molecule has 2 aromatic rings. The van der Waals surface area contributed by atoms with Gasteiger partial charge in [-0.1, -0.05) is 12.1 Å². The molecule has 1 amide bonds. The second kappa shape index (κ2) is 5.34. The zero-order valence-electron chi connectivity index (χ0n) is 10.6. The molecule has 2 N–H and O–H groups in total. The van der Waals surface area contributed by atoms with Crippen LogP contribution in [-0.4, -0.2) is 17.6 Å². The van der Waals surface area contributed by atoms with Crippen molar-refractivity contribution in [1.82, 2.24) is 5.32 Å². The van der Waals surface area contributed by atoms with Crippen LogP contribution in [0, 0.1) is 0 Å². The van der Waals surface area contributed by atoms with Crippen molar-refractivity contribution in [2.45, 2.75) is 6.54 Å². The number of furan rings is 1. The second-order valence-corrected chi connectivity index (χ2v) is 4.78. The Balaban J connectivity index is 1.76. The number of anilines is 2. The molecule has 0 fully saturated rings. The van der Waals surface area contributed by atoms with Gasteiger partial charge in [0.1, 0.15) is 12.3 Å². The van der Waals surface area contributed by atoms with Gasteiger partial charge in [-0.15, -0.1) is 0 Å². The molecule has 1 aromatic carbocycles. The van der Waals surface area contributed by atoms with E-state index in [4.69, 9.17) is 16.6 Å². The average molecular weight is 287 g/mol. The number of fused-ring (bicyclic) bond motifs is 1. The van der Waals surface area contributed by atoms with Crippen LogP contribution in [0.5, 0.6) is 0 Å². The predicted molar refractivity (Wildman–Crippen MR) is 80.6 cm³/mol. The fourth-order valence-corrected chi connectivity index (χ4v) is 2.32. The van der Waals surface area contributed by atoms with Gasteiger partial charge in [0.05, 0.1) is 24.2 Å². The summed E-state index contributed by atoms with van der Waals surface area (Å²) in [7, 11) is 0. The number of benzene rings is 1. The van der Waals surface area contributed by atoms with Gasteiger partial charge < -0.3 is 20.0 Å². The zero-order chi connectivity index (χ0) is 13.9. The number of carbonyl (C=O) groups excluding carboxylic acids is 1. The third-order valence-corrected chi connectivity index (χ3v) is 3.37. The van der Waals surface area contributed by atoms with Crippen molar-refractivity contribution < 1.29 is 9.21 Å². The molecule has 102 valence electrons. The summed E-state index contributed by atoms with van der Waals surface area (Å²) >= 11 is 5.37. The largest absolute Gasteiger partial charge is 0.467 e. The minimum absolute atomic E-state index is 0.0779. The van der Waals surface area contributed by atoms with Gasteiger partial charge in [-0.25, -0.2) is 0 Å². The molecule has 2 heterocycles. The van der Waals surface area contributed by atoms with E-state index in [1.165, 1.54) is 0 Å². The fraction of sp³-hybridized carbons (Fsp3) is 0.143.